The van der Waals surface area contributed by atoms with Crippen LogP contribution in [-0.2, 0) is 30.6 Å². The maximum Gasteiger partial charge on any atom is 1.00 e. The predicted octanol–water partition coefficient (Wildman–Crippen LogP) is -0.0190. The van der Waals surface area contributed by atoms with Crippen molar-refractivity contribution >= 4 is 43.4 Å². The normalized spacial score (nSPS) is 9.60. The van der Waals surface area contributed by atoms with Crippen molar-refractivity contribution in [2.24, 2.45) is 0 Å². The number of hydrogen-bond acceptors (Lipinski definition) is 3. The van der Waals surface area contributed by atoms with Crippen LogP contribution in [0.3, 0.4) is 0 Å². The average molecular weight is 368 g/mol. The van der Waals surface area contributed by atoms with Crippen molar-refractivity contribution < 1.29 is 43.0 Å². The Bertz CT molecular complexity index is 97.4. The molecule has 0 saturated carbocycles. The van der Waals surface area contributed by atoms with Gasteiger partial charge in [-0.15, -0.1) is 34.8 Å². The van der Waals surface area contributed by atoms with Gasteiger partial charge in [0.15, 0.2) is 0 Å². The first kappa shape index (κ1) is 22.2. The summed E-state index contributed by atoms with van der Waals surface area (Å²) in [5.41, 5.74) is 0. The Morgan fingerprint density at radius 2 is 1.00 bits per heavy atom. The molecule has 0 saturated heterocycles. The Morgan fingerprint density at radius 3 is 1.20 bits per heavy atom. The Kier molecular flexibility index (Phi) is 27.2. The number of hydrogen-bond donors (Lipinski definition) is 0. The van der Waals surface area contributed by atoms with Crippen molar-refractivity contribution in [2.75, 3.05) is 37.5 Å². The molecule has 15 heavy (non-hydrogen) atoms. The van der Waals surface area contributed by atoms with Gasteiger partial charge in [0, 0.05) is 17.6 Å². The number of rotatable bonds is 9. The van der Waals surface area contributed by atoms with Gasteiger partial charge in [0.2, 0.25) is 0 Å². The van der Waals surface area contributed by atoms with Crippen LogP contribution in [-0.4, -0.2) is 37.5 Å². The van der Waals surface area contributed by atoms with E-state index in [4.69, 9.17) is 48.4 Å². The minimum Gasteiger partial charge on any atom is -1.00 e. The Morgan fingerprint density at radius 1 is 0.733 bits per heavy atom. The summed E-state index contributed by atoms with van der Waals surface area (Å²) in [7, 11) is -1.33. The molecule has 0 unspecified atom stereocenters. The molecule has 0 aromatic heterocycles. The number of alkyl halides is 3. The van der Waals surface area contributed by atoms with E-state index in [0.717, 1.165) is 0 Å². The van der Waals surface area contributed by atoms with E-state index in [1.165, 1.54) is 0 Å². The van der Waals surface area contributed by atoms with Crippen LogP contribution in [0.5, 0.6) is 0 Å². The molecule has 0 fully saturated rings. The second-order valence-electron chi connectivity index (χ2n) is 1.79. The largest absolute Gasteiger partial charge is 1.00 e. The minimum atomic E-state index is -1.33. The summed E-state index contributed by atoms with van der Waals surface area (Å²) in [5.74, 6) is 1.23. The van der Waals surface area contributed by atoms with Gasteiger partial charge in [-0.1, -0.05) is 0 Å². The fourth-order valence-corrected chi connectivity index (χ4v) is 1.94. The standard InChI is InChI=1S/C6H12Cl3O3P.ClH.Cu/c7-1-4-10-13(11-5-2-8)12-6-3-9;;/h1-6H2;1H;/q;;+1/p-1. The fraction of sp³-hybridized carbons (Fsp3) is 1.00. The van der Waals surface area contributed by atoms with E-state index in [2.05, 4.69) is 0 Å². The molecule has 0 N–H and O–H groups in total. The Balaban J connectivity index is -0.000000720. The van der Waals surface area contributed by atoms with E-state index in [0.29, 0.717) is 37.5 Å². The summed E-state index contributed by atoms with van der Waals surface area (Å²) in [5, 5.41) is 0. The van der Waals surface area contributed by atoms with Crippen molar-refractivity contribution in [3.05, 3.63) is 0 Å². The molecule has 0 bridgehead atoms. The van der Waals surface area contributed by atoms with Crippen molar-refractivity contribution in [3.63, 3.8) is 0 Å². The fourth-order valence-electron chi connectivity index (χ4n) is 0.439. The summed E-state index contributed by atoms with van der Waals surface area (Å²) in [4.78, 5) is 0. The first-order chi connectivity index (χ1) is 6.35. The first-order valence-electron chi connectivity index (χ1n) is 3.72. The molecule has 0 atom stereocenters. The van der Waals surface area contributed by atoms with Crippen LogP contribution >= 0.6 is 43.4 Å². The number of halogens is 4. The SMILES string of the molecule is ClCCOP(OCCCl)OCCCl.[Cl-].[Cu+]. The first-order valence-corrected chi connectivity index (χ1v) is 6.41. The molecular weight excluding hydrogens is 356 g/mol. The molecule has 0 spiro atoms. The molecule has 0 aliphatic carbocycles. The van der Waals surface area contributed by atoms with Gasteiger partial charge >= 0.3 is 25.7 Å². The summed E-state index contributed by atoms with van der Waals surface area (Å²) in [6, 6.07) is 0. The maximum atomic E-state index is 5.44. The summed E-state index contributed by atoms with van der Waals surface area (Å²) in [6.45, 7) is 1.20. The van der Waals surface area contributed by atoms with Gasteiger partial charge in [-0.2, -0.15) is 0 Å². The van der Waals surface area contributed by atoms with Crippen LogP contribution in [0, 0.1) is 0 Å². The monoisotopic (exact) mass is 366 g/mol. The van der Waals surface area contributed by atoms with E-state index in [-0.39, 0.29) is 29.5 Å². The Hall–Kier alpha value is 1.99. The van der Waals surface area contributed by atoms with Crippen molar-refractivity contribution in [2.45, 2.75) is 0 Å². The van der Waals surface area contributed by atoms with Crippen molar-refractivity contribution in [3.8, 4) is 0 Å². The van der Waals surface area contributed by atoms with Gasteiger partial charge in [-0.05, 0) is 0 Å². The van der Waals surface area contributed by atoms with E-state index in [1.54, 1.807) is 0 Å². The molecule has 0 aromatic carbocycles. The van der Waals surface area contributed by atoms with E-state index in [1.807, 2.05) is 0 Å². The van der Waals surface area contributed by atoms with Gasteiger partial charge in [0.05, 0.1) is 19.8 Å². The van der Waals surface area contributed by atoms with E-state index in [9.17, 15) is 0 Å². The third-order valence-corrected chi connectivity index (χ3v) is 2.46. The third-order valence-electron chi connectivity index (χ3n) is 0.822. The molecule has 0 rings (SSSR count). The van der Waals surface area contributed by atoms with Crippen LogP contribution in [0.1, 0.15) is 0 Å². The van der Waals surface area contributed by atoms with Gasteiger partial charge in [-0.25, -0.2) is 0 Å². The summed E-state index contributed by atoms with van der Waals surface area (Å²) < 4.78 is 15.5. The zero-order chi connectivity index (χ0) is 9.94. The van der Waals surface area contributed by atoms with Gasteiger partial charge < -0.3 is 26.0 Å². The van der Waals surface area contributed by atoms with Crippen LogP contribution in [0.4, 0.5) is 0 Å². The molecule has 0 aliphatic heterocycles. The molecule has 0 heterocycles. The van der Waals surface area contributed by atoms with Gasteiger partial charge in [0.25, 0.3) is 0 Å². The Labute approximate surface area is 123 Å². The van der Waals surface area contributed by atoms with Crippen LogP contribution in [0.15, 0.2) is 0 Å². The van der Waals surface area contributed by atoms with Crippen molar-refractivity contribution in [1.29, 1.82) is 0 Å². The van der Waals surface area contributed by atoms with Crippen LogP contribution < -0.4 is 12.4 Å². The molecule has 0 aromatic rings. The molecule has 9 heteroatoms. The zero-order valence-corrected chi connectivity index (χ0v) is 12.6. The van der Waals surface area contributed by atoms with Gasteiger partial charge in [0.1, 0.15) is 0 Å². The topological polar surface area (TPSA) is 27.7 Å². The maximum absolute atomic E-state index is 5.44. The van der Waals surface area contributed by atoms with E-state index >= 15 is 0 Å². The summed E-state index contributed by atoms with van der Waals surface area (Å²) >= 11 is 16.3. The van der Waals surface area contributed by atoms with Crippen LogP contribution in [0.25, 0.3) is 0 Å². The minimum absolute atomic E-state index is 0. The van der Waals surface area contributed by atoms with E-state index < -0.39 is 8.60 Å². The molecule has 0 amide bonds. The molecule has 98 valence electrons. The predicted molar refractivity (Wildman–Crippen MR) is 56.9 cm³/mol. The molecular formula is C6H12Cl4CuO3P. The second-order valence-corrected chi connectivity index (χ2v) is 4.15. The zero-order valence-electron chi connectivity index (χ0n) is 7.73. The molecule has 0 radical (unpaired) electrons. The summed E-state index contributed by atoms with van der Waals surface area (Å²) in [6.07, 6.45) is 0. The second kappa shape index (κ2) is 18.4. The quantitative estimate of drug-likeness (QED) is 0.325. The average Bonchev–Trinajstić information content (AvgIpc) is 2.17. The molecule has 0 aliphatic rings. The smallest absolute Gasteiger partial charge is 1.00 e. The van der Waals surface area contributed by atoms with Crippen LogP contribution in [0.2, 0.25) is 0 Å². The van der Waals surface area contributed by atoms with Gasteiger partial charge in [-0.3, -0.25) is 0 Å². The third kappa shape index (κ3) is 16.0. The van der Waals surface area contributed by atoms with Crippen molar-refractivity contribution in [1.82, 2.24) is 0 Å². The molecule has 3 nitrogen and oxygen atoms in total.